The summed E-state index contributed by atoms with van der Waals surface area (Å²) in [6.07, 6.45) is -1.75. The van der Waals surface area contributed by atoms with Gasteiger partial charge in [0.25, 0.3) is 11.1 Å². The molecule has 1 aliphatic heterocycles. The number of alkyl halides is 3. The van der Waals surface area contributed by atoms with E-state index < -0.39 is 22.9 Å². The molecule has 11 heteroatoms. The second-order valence-electron chi connectivity index (χ2n) is 5.89. The number of thioether (sulfide) groups is 1. The number of hydrogen-bond donors (Lipinski definition) is 0. The number of aromatic nitrogens is 3. The minimum absolute atomic E-state index is 0.177. The van der Waals surface area contributed by atoms with Gasteiger partial charge in [-0.05, 0) is 23.9 Å². The fraction of sp³-hybridized carbons (Fsp3) is 0.250. The third-order valence-electron chi connectivity index (χ3n) is 3.57. The number of hydrogen-bond acceptors (Lipinski definition) is 6. The molecule has 0 saturated carbocycles. The van der Waals surface area contributed by atoms with E-state index in [0.717, 1.165) is 27.4 Å². The summed E-state index contributed by atoms with van der Waals surface area (Å²) in [5.41, 5.74) is -0.854. The van der Waals surface area contributed by atoms with Crippen molar-refractivity contribution in [3.8, 4) is 5.69 Å². The number of halogens is 3. The number of carbonyl (C=O) groups excluding carboxylic acids is 2. The van der Waals surface area contributed by atoms with Crippen LogP contribution in [-0.4, -0.2) is 50.0 Å². The summed E-state index contributed by atoms with van der Waals surface area (Å²) in [5.74, 6) is -0.482. The monoisotopic (exact) mass is 397 g/mol. The van der Waals surface area contributed by atoms with Crippen molar-refractivity contribution in [2.45, 2.75) is 12.7 Å². The van der Waals surface area contributed by atoms with Crippen molar-refractivity contribution in [1.82, 2.24) is 24.8 Å². The first-order valence-corrected chi connectivity index (χ1v) is 8.48. The summed E-state index contributed by atoms with van der Waals surface area (Å²) >= 11 is 0.791. The molecule has 1 aromatic heterocycles. The Bertz CT molecular complexity index is 923. The van der Waals surface area contributed by atoms with Gasteiger partial charge in [-0.1, -0.05) is 17.3 Å². The number of rotatable bonds is 4. The van der Waals surface area contributed by atoms with E-state index in [-0.39, 0.29) is 22.8 Å². The Hall–Kier alpha value is -2.82. The van der Waals surface area contributed by atoms with Crippen molar-refractivity contribution in [2.75, 3.05) is 14.1 Å². The number of benzene rings is 1. The maximum Gasteiger partial charge on any atom is 0.418 e. The quantitative estimate of drug-likeness (QED) is 0.739. The molecule has 0 aliphatic carbocycles. The first kappa shape index (κ1) is 19.0. The number of para-hydroxylation sites is 1. The molecular formula is C16H14F3N5O2S. The van der Waals surface area contributed by atoms with Crippen molar-refractivity contribution in [3.63, 3.8) is 0 Å². The molecule has 0 N–H and O–H groups in total. The highest BCUT2D eigenvalue weighted by Crippen LogP contribution is 2.34. The molecule has 2 amide bonds. The van der Waals surface area contributed by atoms with Crippen LogP contribution in [0.15, 0.2) is 41.6 Å². The highest BCUT2D eigenvalue weighted by atomic mass is 32.2. The molecule has 0 atom stereocenters. The van der Waals surface area contributed by atoms with Gasteiger partial charge in [-0.25, -0.2) is 4.68 Å². The SMILES string of the molecule is CN(C)/C=C1\SC(=O)N(Cc2cn(-c3ccccc3C(F)(F)F)nn2)C1=O. The van der Waals surface area contributed by atoms with E-state index in [1.165, 1.54) is 30.6 Å². The molecule has 2 aromatic rings. The van der Waals surface area contributed by atoms with Crippen LogP contribution in [-0.2, 0) is 17.5 Å². The lowest BCUT2D eigenvalue weighted by atomic mass is 10.1. The number of imide groups is 1. The maximum atomic E-state index is 13.1. The zero-order chi connectivity index (χ0) is 19.8. The molecule has 142 valence electrons. The van der Waals surface area contributed by atoms with Crippen molar-refractivity contribution in [1.29, 1.82) is 0 Å². The fourth-order valence-electron chi connectivity index (χ4n) is 2.42. The van der Waals surface area contributed by atoms with E-state index in [2.05, 4.69) is 10.3 Å². The largest absolute Gasteiger partial charge is 0.418 e. The second kappa shape index (κ2) is 7.06. The van der Waals surface area contributed by atoms with Crippen LogP contribution in [0.5, 0.6) is 0 Å². The lowest BCUT2D eigenvalue weighted by Gasteiger charge is -2.12. The lowest BCUT2D eigenvalue weighted by Crippen LogP contribution is -2.28. The van der Waals surface area contributed by atoms with E-state index >= 15 is 0 Å². The molecule has 0 unspecified atom stereocenters. The number of amides is 2. The van der Waals surface area contributed by atoms with Crippen molar-refractivity contribution < 1.29 is 22.8 Å². The molecule has 27 heavy (non-hydrogen) atoms. The Morgan fingerprint density at radius 2 is 1.93 bits per heavy atom. The van der Waals surface area contributed by atoms with Crippen molar-refractivity contribution >= 4 is 22.9 Å². The minimum Gasteiger partial charge on any atom is -0.382 e. The Morgan fingerprint density at radius 3 is 2.59 bits per heavy atom. The van der Waals surface area contributed by atoms with Crippen LogP contribution >= 0.6 is 11.8 Å². The van der Waals surface area contributed by atoms with Gasteiger partial charge in [0.2, 0.25) is 0 Å². The molecule has 0 radical (unpaired) electrons. The molecule has 1 aliphatic rings. The van der Waals surface area contributed by atoms with Crippen molar-refractivity contribution in [3.05, 3.63) is 52.8 Å². The lowest BCUT2D eigenvalue weighted by molar-refractivity contribution is -0.137. The zero-order valence-corrected chi connectivity index (χ0v) is 15.1. The van der Waals surface area contributed by atoms with Gasteiger partial charge in [0.1, 0.15) is 5.69 Å². The summed E-state index contributed by atoms with van der Waals surface area (Å²) in [6.45, 7) is -0.177. The van der Waals surface area contributed by atoms with E-state index in [1.807, 2.05) is 0 Å². The number of carbonyl (C=O) groups is 2. The molecule has 1 saturated heterocycles. The Kier molecular flexibility index (Phi) is 4.96. The molecule has 0 bridgehead atoms. The van der Waals surface area contributed by atoms with Crippen LogP contribution in [0.3, 0.4) is 0 Å². The van der Waals surface area contributed by atoms with Gasteiger partial charge >= 0.3 is 6.18 Å². The third-order valence-corrected chi connectivity index (χ3v) is 4.46. The van der Waals surface area contributed by atoms with Gasteiger partial charge in [0, 0.05) is 20.3 Å². The topological polar surface area (TPSA) is 71.3 Å². The second-order valence-corrected chi connectivity index (χ2v) is 6.88. The standard InChI is InChI=1S/C16H14F3N5O2S/c1-22(2)9-13-14(25)23(15(26)27-13)7-10-8-24(21-20-10)12-6-4-3-5-11(12)16(17,18)19/h3-6,8-9H,7H2,1-2H3/b13-9-. The molecule has 1 fully saturated rings. The summed E-state index contributed by atoms with van der Waals surface area (Å²) in [5, 5.41) is 7.03. The fourth-order valence-corrected chi connectivity index (χ4v) is 3.33. The normalized spacial score (nSPS) is 16.5. The van der Waals surface area contributed by atoms with Crippen LogP contribution in [0.25, 0.3) is 5.69 Å². The van der Waals surface area contributed by atoms with Gasteiger partial charge in [0.05, 0.1) is 28.9 Å². The summed E-state index contributed by atoms with van der Waals surface area (Å²) in [6, 6.07) is 4.94. The Balaban J connectivity index is 1.84. The van der Waals surface area contributed by atoms with E-state index in [0.29, 0.717) is 0 Å². The van der Waals surface area contributed by atoms with E-state index in [4.69, 9.17) is 0 Å². The van der Waals surface area contributed by atoms with Gasteiger partial charge in [-0.2, -0.15) is 13.2 Å². The van der Waals surface area contributed by atoms with Crippen molar-refractivity contribution in [2.24, 2.45) is 0 Å². The van der Waals surface area contributed by atoms with Crippen LogP contribution in [0.1, 0.15) is 11.3 Å². The molecule has 1 aromatic carbocycles. The van der Waals surface area contributed by atoms with Gasteiger partial charge in [-0.3, -0.25) is 14.5 Å². The molecule has 3 rings (SSSR count). The first-order valence-electron chi connectivity index (χ1n) is 7.66. The van der Waals surface area contributed by atoms with Gasteiger partial charge < -0.3 is 4.90 Å². The summed E-state index contributed by atoms with van der Waals surface area (Å²) < 4.78 is 40.4. The first-order chi connectivity index (χ1) is 12.7. The zero-order valence-electron chi connectivity index (χ0n) is 14.3. The molecule has 2 heterocycles. The van der Waals surface area contributed by atoms with Gasteiger partial charge in [0.15, 0.2) is 0 Å². The van der Waals surface area contributed by atoms with Crippen LogP contribution in [0.4, 0.5) is 18.0 Å². The molecular weight excluding hydrogens is 383 g/mol. The summed E-state index contributed by atoms with van der Waals surface area (Å²) in [7, 11) is 3.44. The maximum absolute atomic E-state index is 13.1. The Labute approximate surface area is 156 Å². The smallest absolute Gasteiger partial charge is 0.382 e. The predicted molar refractivity (Wildman–Crippen MR) is 91.7 cm³/mol. The van der Waals surface area contributed by atoms with Crippen LogP contribution in [0.2, 0.25) is 0 Å². The average Bonchev–Trinajstić information content (AvgIpc) is 3.14. The average molecular weight is 397 g/mol. The summed E-state index contributed by atoms with van der Waals surface area (Å²) in [4.78, 5) is 27.2. The highest BCUT2D eigenvalue weighted by molar-refractivity contribution is 8.18. The minimum atomic E-state index is -4.55. The third kappa shape index (κ3) is 3.97. The Morgan fingerprint density at radius 1 is 1.22 bits per heavy atom. The van der Waals surface area contributed by atoms with E-state index in [9.17, 15) is 22.8 Å². The van der Waals surface area contributed by atoms with Crippen LogP contribution in [0, 0.1) is 0 Å². The van der Waals surface area contributed by atoms with E-state index in [1.54, 1.807) is 19.0 Å². The molecule has 0 spiro atoms. The molecule has 7 nitrogen and oxygen atoms in total. The highest BCUT2D eigenvalue weighted by Gasteiger charge is 2.36. The number of nitrogens with zero attached hydrogens (tertiary/aromatic N) is 5. The van der Waals surface area contributed by atoms with Crippen LogP contribution < -0.4 is 0 Å². The van der Waals surface area contributed by atoms with Gasteiger partial charge in [-0.15, -0.1) is 5.10 Å². The predicted octanol–water partition coefficient (Wildman–Crippen LogP) is 2.88.